The Bertz CT molecular complexity index is 125. The molecule has 1 rings (SSSR count). The van der Waals surface area contributed by atoms with Gasteiger partial charge < -0.3 is 5.73 Å². The van der Waals surface area contributed by atoms with Crippen molar-refractivity contribution in [3.63, 3.8) is 0 Å². The lowest BCUT2D eigenvalue weighted by atomic mass is 9.71. The van der Waals surface area contributed by atoms with Gasteiger partial charge in [-0.25, -0.2) is 0 Å². The molecule has 2 N–H and O–H groups in total. The van der Waals surface area contributed by atoms with Crippen LogP contribution in [0.5, 0.6) is 0 Å². The van der Waals surface area contributed by atoms with Crippen LogP contribution in [-0.2, 0) is 0 Å². The highest BCUT2D eigenvalue weighted by atomic mass is 14.5. The van der Waals surface area contributed by atoms with E-state index in [2.05, 4.69) is 13.8 Å². The van der Waals surface area contributed by atoms with E-state index in [-0.39, 0.29) is 0 Å². The average molecular weight is 169 g/mol. The minimum absolute atomic E-state index is 0.622. The molecule has 12 heavy (non-hydrogen) atoms. The molecule has 72 valence electrons. The molecule has 0 spiro atoms. The van der Waals surface area contributed by atoms with Crippen molar-refractivity contribution in [3.05, 3.63) is 0 Å². The van der Waals surface area contributed by atoms with Gasteiger partial charge in [0, 0.05) is 0 Å². The maximum absolute atomic E-state index is 5.65. The topological polar surface area (TPSA) is 26.0 Å². The Hall–Kier alpha value is -0.0400. The standard InChI is InChI=1S/C11H23N/c1-10(9-12)8-11(2)6-4-3-5-7-11/h10H,3-9,12H2,1-2H3. The number of nitrogens with two attached hydrogens (primary N) is 1. The van der Waals surface area contributed by atoms with Crippen LogP contribution in [0.1, 0.15) is 52.4 Å². The van der Waals surface area contributed by atoms with E-state index in [1.54, 1.807) is 0 Å². The highest BCUT2D eigenvalue weighted by Gasteiger charge is 2.27. The van der Waals surface area contributed by atoms with E-state index in [1.165, 1.54) is 38.5 Å². The molecular formula is C11H23N. The van der Waals surface area contributed by atoms with Gasteiger partial charge in [0.25, 0.3) is 0 Å². The lowest BCUT2D eigenvalue weighted by Gasteiger charge is -2.35. The fraction of sp³-hybridized carbons (Fsp3) is 1.00. The van der Waals surface area contributed by atoms with Crippen LogP contribution in [0.25, 0.3) is 0 Å². The van der Waals surface area contributed by atoms with Gasteiger partial charge in [-0.1, -0.05) is 33.1 Å². The fourth-order valence-electron chi connectivity index (χ4n) is 2.53. The lowest BCUT2D eigenvalue weighted by Crippen LogP contribution is -2.25. The van der Waals surface area contributed by atoms with Crippen molar-refractivity contribution < 1.29 is 0 Å². The van der Waals surface area contributed by atoms with Crippen molar-refractivity contribution >= 4 is 0 Å². The summed E-state index contributed by atoms with van der Waals surface area (Å²) in [6.45, 7) is 5.58. The third-order valence-electron chi connectivity index (χ3n) is 3.30. The van der Waals surface area contributed by atoms with Crippen molar-refractivity contribution in [3.8, 4) is 0 Å². The van der Waals surface area contributed by atoms with E-state index in [0.29, 0.717) is 11.3 Å². The SMILES string of the molecule is CC(CN)CC1(C)CCCCC1. The molecule has 1 aliphatic carbocycles. The molecule has 0 aliphatic heterocycles. The Labute approximate surface area is 76.7 Å². The minimum Gasteiger partial charge on any atom is -0.330 e. The molecular weight excluding hydrogens is 146 g/mol. The Morgan fingerprint density at radius 1 is 1.25 bits per heavy atom. The lowest BCUT2D eigenvalue weighted by molar-refractivity contribution is 0.171. The second-order valence-electron chi connectivity index (χ2n) is 4.92. The number of rotatable bonds is 3. The van der Waals surface area contributed by atoms with Crippen molar-refractivity contribution in [1.82, 2.24) is 0 Å². The van der Waals surface area contributed by atoms with Crippen LogP contribution in [-0.4, -0.2) is 6.54 Å². The van der Waals surface area contributed by atoms with E-state index in [0.717, 1.165) is 6.54 Å². The van der Waals surface area contributed by atoms with Crippen molar-refractivity contribution in [2.75, 3.05) is 6.54 Å². The highest BCUT2D eigenvalue weighted by Crippen LogP contribution is 2.40. The molecule has 1 unspecified atom stereocenters. The molecule has 1 heteroatoms. The highest BCUT2D eigenvalue weighted by molar-refractivity contribution is 4.80. The summed E-state index contributed by atoms with van der Waals surface area (Å²) in [6, 6.07) is 0. The average Bonchev–Trinajstić information content (AvgIpc) is 2.05. The summed E-state index contributed by atoms with van der Waals surface area (Å²) in [5.41, 5.74) is 6.27. The second kappa shape index (κ2) is 4.27. The van der Waals surface area contributed by atoms with Gasteiger partial charge in [-0.3, -0.25) is 0 Å². The van der Waals surface area contributed by atoms with E-state index in [9.17, 15) is 0 Å². The van der Waals surface area contributed by atoms with Crippen LogP contribution in [0.2, 0.25) is 0 Å². The maximum atomic E-state index is 5.65. The first-order valence-corrected chi connectivity index (χ1v) is 5.36. The zero-order chi connectivity index (χ0) is 9.03. The van der Waals surface area contributed by atoms with Crippen molar-refractivity contribution in [2.45, 2.75) is 52.4 Å². The summed E-state index contributed by atoms with van der Waals surface area (Å²) in [5.74, 6) is 0.716. The van der Waals surface area contributed by atoms with E-state index < -0.39 is 0 Å². The monoisotopic (exact) mass is 169 g/mol. The smallest absolute Gasteiger partial charge is 0.00513 e. The third-order valence-corrected chi connectivity index (χ3v) is 3.30. The van der Waals surface area contributed by atoms with Crippen molar-refractivity contribution in [2.24, 2.45) is 17.1 Å². The predicted molar refractivity (Wildman–Crippen MR) is 54.0 cm³/mol. The van der Waals surface area contributed by atoms with Crippen LogP contribution in [0.4, 0.5) is 0 Å². The maximum Gasteiger partial charge on any atom is -0.00513 e. The largest absolute Gasteiger partial charge is 0.330 e. The van der Waals surface area contributed by atoms with E-state index in [1.807, 2.05) is 0 Å². The molecule has 0 aromatic rings. The number of hydrogen-bond acceptors (Lipinski definition) is 1. The molecule has 1 aliphatic rings. The Morgan fingerprint density at radius 2 is 1.83 bits per heavy atom. The Kier molecular flexibility index (Phi) is 3.57. The summed E-state index contributed by atoms with van der Waals surface area (Å²) < 4.78 is 0. The molecule has 1 atom stereocenters. The molecule has 0 radical (unpaired) electrons. The molecule has 0 heterocycles. The van der Waals surface area contributed by atoms with Gasteiger partial charge in [0.2, 0.25) is 0 Å². The van der Waals surface area contributed by atoms with Crippen LogP contribution >= 0.6 is 0 Å². The molecule has 1 saturated carbocycles. The number of hydrogen-bond donors (Lipinski definition) is 1. The van der Waals surface area contributed by atoms with Gasteiger partial charge in [0.1, 0.15) is 0 Å². The third kappa shape index (κ3) is 2.78. The summed E-state index contributed by atoms with van der Waals surface area (Å²) in [6.07, 6.45) is 8.52. The zero-order valence-electron chi connectivity index (χ0n) is 8.60. The van der Waals surface area contributed by atoms with E-state index in [4.69, 9.17) is 5.73 Å². The minimum atomic E-state index is 0.622. The molecule has 0 amide bonds. The summed E-state index contributed by atoms with van der Waals surface area (Å²) in [5, 5.41) is 0. The molecule has 0 bridgehead atoms. The van der Waals surface area contributed by atoms with Crippen LogP contribution in [0.15, 0.2) is 0 Å². The van der Waals surface area contributed by atoms with Gasteiger partial charge in [0.15, 0.2) is 0 Å². The quantitative estimate of drug-likeness (QED) is 0.690. The first-order valence-electron chi connectivity index (χ1n) is 5.36. The summed E-state index contributed by atoms with van der Waals surface area (Å²) in [4.78, 5) is 0. The fourth-order valence-corrected chi connectivity index (χ4v) is 2.53. The Balaban J connectivity index is 2.35. The van der Waals surface area contributed by atoms with Gasteiger partial charge in [-0.2, -0.15) is 0 Å². The second-order valence-corrected chi connectivity index (χ2v) is 4.92. The zero-order valence-corrected chi connectivity index (χ0v) is 8.60. The molecule has 0 aromatic carbocycles. The molecule has 1 nitrogen and oxygen atoms in total. The van der Waals surface area contributed by atoms with Gasteiger partial charge in [-0.05, 0) is 37.1 Å². The van der Waals surface area contributed by atoms with Crippen LogP contribution in [0, 0.1) is 11.3 Å². The van der Waals surface area contributed by atoms with Gasteiger partial charge in [-0.15, -0.1) is 0 Å². The van der Waals surface area contributed by atoms with Crippen LogP contribution in [0.3, 0.4) is 0 Å². The molecule has 0 saturated heterocycles. The van der Waals surface area contributed by atoms with Gasteiger partial charge >= 0.3 is 0 Å². The van der Waals surface area contributed by atoms with Crippen molar-refractivity contribution in [1.29, 1.82) is 0 Å². The van der Waals surface area contributed by atoms with E-state index >= 15 is 0 Å². The first-order chi connectivity index (χ1) is 5.66. The predicted octanol–water partition coefficient (Wildman–Crippen LogP) is 2.94. The summed E-state index contributed by atoms with van der Waals surface area (Å²) >= 11 is 0. The molecule has 0 aromatic heterocycles. The van der Waals surface area contributed by atoms with Gasteiger partial charge in [0.05, 0.1) is 0 Å². The first kappa shape index (κ1) is 10.0. The normalized spacial score (nSPS) is 25.2. The Morgan fingerprint density at radius 3 is 2.33 bits per heavy atom. The summed E-state index contributed by atoms with van der Waals surface area (Å²) in [7, 11) is 0. The van der Waals surface area contributed by atoms with Crippen LogP contribution < -0.4 is 5.73 Å². The molecule has 1 fully saturated rings.